The quantitative estimate of drug-likeness (QED) is 0.689. The van der Waals surface area contributed by atoms with Crippen molar-refractivity contribution < 1.29 is 17.9 Å². The van der Waals surface area contributed by atoms with E-state index in [2.05, 4.69) is 9.88 Å². The molecule has 0 atom stereocenters. The molecule has 3 aromatic rings. The first kappa shape index (κ1) is 20.3. The molecule has 30 heavy (non-hydrogen) atoms. The number of methoxy groups -OCH3 is 1. The van der Waals surface area contributed by atoms with Gasteiger partial charge in [-0.05, 0) is 30.3 Å². The summed E-state index contributed by atoms with van der Waals surface area (Å²) >= 11 is 0. The lowest BCUT2D eigenvalue weighted by molar-refractivity contribution is -0.137. The van der Waals surface area contributed by atoms with Crippen LogP contribution in [0.5, 0.6) is 5.75 Å². The molecule has 0 radical (unpaired) electrons. The van der Waals surface area contributed by atoms with Gasteiger partial charge in [-0.3, -0.25) is 9.47 Å². The highest BCUT2D eigenvalue weighted by Gasteiger charge is 2.32. The number of hydrogen-bond donors (Lipinski definition) is 1. The Kier molecular flexibility index (Phi) is 5.46. The van der Waals surface area contributed by atoms with Crippen molar-refractivity contribution in [1.29, 1.82) is 0 Å². The molecule has 1 aliphatic heterocycles. The summed E-state index contributed by atoms with van der Waals surface area (Å²) < 4.78 is 46.3. The zero-order valence-electron chi connectivity index (χ0n) is 16.6. The number of hydrogen-bond acceptors (Lipinski definition) is 4. The molecule has 9 heteroatoms. The third-order valence-corrected chi connectivity index (χ3v) is 5.54. The van der Waals surface area contributed by atoms with E-state index in [0.717, 1.165) is 23.2 Å². The average molecular weight is 420 g/mol. The lowest BCUT2D eigenvalue weighted by atomic mass is 10.1. The predicted octanol–water partition coefficient (Wildman–Crippen LogP) is 3.18. The van der Waals surface area contributed by atoms with E-state index >= 15 is 0 Å². The van der Waals surface area contributed by atoms with Crippen molar-refractivity contribution in [2.45, 2.75) is 12.7 Å². The maximum atomic E-state index is 13.1. The van der Waals surface area contributed by atoms with Gasteiger partial charge in [0.1, 0.15) is 5.75 Å². The molecule has 1 N–H and O–H groups in total. The molecule has 0 aliphatic carbocycles. The summed E-state index contributed by atoms with van der Waals surface area (Å²) in [6.45, 7) is 3.79. The maximum absolute atomic E-state index is 13.1. The predicted molar refractivity (Wildman–Crippen MR) is 109 cm³/mol. The molecular weight excluding hydrogens is 397 g/mol. The Balaban J connectivity index is 1.42. The summed E-state index contributed by atoms with van der Waals surface area (Å²) in [6, 6.07) is 11.1. The van der Waals surface area contributed by atoms with Crippen LogP contribution in [-0.4, -0.2) is 54.3 Å². The van der Waals surface area contributed by atoms with Crippen LogP contribution in [0.3, 0.4) is 0 Å². The Bertz CT molecular complexity index is 1080. The summed E-state index contributed by atoms with van der Waals surface area (Å²) in [7, 11) is 1.46. The molecule has 2 heterocycles. The monoisotopic (exact) mass is 420 g/mol. The van der Waals surface area contributed by atoms with Crippen LogP contribution in [0.4, 0.5) is 18.9 Å². The van der Waals surface area contributed by atoms with Crippen molar-refractivity contribution >= 4 is 16.7 Å². The summed E-state index contributed by atoms with van der Waals surface area (Å²) in [6.07, 6.45) is -4.39. The molecule has 0 bridgehead atoms. The Hall–Kier alpha value is -2.94. The topological polar surface area (TPSA) is 53.5 Å². The minimum Gasteiger partial charge on any atom is -0.495 e. The fourth-order valence-electron chi connectivity index (χ4n) is 3.90. The van der Waals surface area contributed by atoms with Crippen LogP contribution in [0, 0.1) is 0 Å². The van der Waals surface area contributed by atoms with Gasteiger partial charge in [0.05, 0.1) is 29.4 Å². The minimum absolute atomic E-state index is 0.136. The first-order valence-electron chi connectivity index (χ1n) is 9.77. The van der Waals surface area contributed by atoms with E-state index < -0.39 is 11.7 Å². The number of aromatic nitrogens is 2. The summed E-state index contributed by atoms with van der Waals surface area (Å²) in [5.74, 6) is 0.432. The van der Waals surface area contributed by atoms with Crippen LogP contribution in [0.2, 0.25) is 0 Å². The number of nitrogens with zero attached hydrogens (tertiary/aromatic N) is 3. The number of fused-ring (bicyclic) bond motifs is 1. The highest BCUT2D eigenvalue weighted by Crippen LogP contribution is 2.37. The Morgan fingerprint density at radius 3 is 2.47 bits per heavy atom. The van der Waals surface area contributed by atoms with E-state index in [1.807, 2.05) is 29.2 Å². The zero-order valence-corrected chi connectivity index (χ0v) is 16.6. The number of ether oxygens (including phenoxy) is 1. The fraction of sp³-hybridized carbons (Fsp3) is 0.381. The van der Waals surface area contributed by atoms with E-state index in [1.54, 1.807) is 4.57 Å². The largest absolute Gasteiger partial charge is 0.495 e. The molecule has 0 spiro atoms. The summed E-state index contributed by atoms with van der Waals surface area (Å²) in [4.78, 5) is 19.2. The lowest BCUT2D eigenvalue weighted by Gasteiger charge is -2.36. The number of para-hydroxylation sites is 2. The van der Waals surface area contributed by atoms with Gasteiger partial charge < -0.3 is 14.6 Å². The van der Waals surface area contributed by atoms with Crippen molar-refractivity contribution in [3.8, 4) is 5.75 Å². The van der Waals surface area contributed by atoms with Gasteiger partial charge in [-0.25, -0.2) is 4.79 Å². The highest BCUT2D eigenvalue weighted by molar-refractivity contribution is 5.74. The Morgan fingerprint density at radius 1 is 1.03 bits per heavy atom. The van der Waals surface area contributed by atoms with Crippen molar-refractivity contribution in [1.82, 2.24) is 14.5 Å². The number of piperazine rings is 1. The number of halogens is 3. The number of benzene rings is 2. The number of H-pyrrole nitrogens is 1. The van der Waals surface area contributed by atoms with E-state index in [4.69, 9.17) is 4.74 Å². The van der Waals surface area contributed by atoms with Crippen LogP contribution in [0.25, 0.3) is 11.0 Å². The molecule has 160 valence electrons. The van der Waals surface area contributed by atoms with E-state index in [9.17, 15) is 18.0 Å². The zero-order chi connectivity index (χ0) is 21.3. The lowest BCUT2D eigenvalue weighted by Crippen LogP contribution is -2.47. The van der Waals surface area contributed by atoms with Gasteiger partial charge in [-0.1, -0.05) is 12.1 Å². The molecule has 0 saturated carbocycles. The summed E-state index contributed by atoms with van der Waals surface area (Å²) in [5.41, 5.74) is 1.32. The first-order valence-corrected chi connectivity index (χ1v) is 9.77. The first-order chi connectivity index (χ1) is 14.4. The summed E-state index contributed by atoms with van der Waals surface area (Å²) in [5, 5.41) is 0. The van der Waals surface area contributed by atoms with Gasteiger partial charge in [-0.2, -0.15) is 13.2 Å². The number of aromatic amines is 1. The van der Waals surface area contributed by atoms with Gasteiger partial charge in [-0.15, -0.1) is 0 Å². The van der Waals surface area contributed by atoms with Gasteiger partial charge in [0, 0.05) is 39.3 Å². The van der Waals surface area contributed by atoms with Crippen molar-refractivity contribution in [3.63, 3.8) is 0 Å². The molecule has 6 nitrogen and oxygen atoms in total. The van der Waals surface area contributed by atoms with Crippen molar-refractivity contribution in [3.05, 3.63) is 58.5 Å². The molecule has 0 amide bonds. The molecule has 1 fully saturated rings. The third-order valence-electron chi connectivity index (χ3n) is 5.54. The standard InChI is InChI=1S/C21H23F3N4O2/c1-30-19-7-6-15(21(22,23)24)14-18(19)27-11-8-26(9-12-27)10-13-28-17-5-3-2-4-16(17)25-20(28)29/h2-7,14H,8-13H2,1H3,(H,25,29). The molecule has 2 aromatic carbocycles. The van der Waals surface area contributed by atoms with E-state index in [1.165, 1.54) is 13.2 Å². The molecular formula is C21H23F3N4O2. The number of rotatable bonds is 5. The van der Waals surface area contributed by atoms with Crippen LogP contribution >= 0.6 is 0 Å². The number of anilines is 1. The number of alkyl halides is 3. The average Bonchev–Trinajstić information content (AvgIpc) is 3.06. The number of nitrogens with one attached hydrogen (secondary N) is 1. The van der Waals surface area contributed by atoms with E-state index in [-0.39, 0.29) is 5.69 Å². The van der Waals surface area contributed by atoms with Crippen molar-refractivity contribution in [2.24, 2.45) is 0 Å². The highest BCUT2D eigenvalue weighted by atomic mass is 19.4. The third kappa shape index (κ3) is 4.02. The Labute approximate surface area is 171 Å². The molecule has 0 unspecified atom stereocenters. The second kappa shape index (κ2) is 8.06. The second-order valence-electron chi connectivity index (χ2n) is 7.31. The smallest absolute Gasteiger partial charge is 0.416 e. The van der Waals surface area contributed by atoms with E-state index in [0.29, 0.717) is 50.7 Å². The van der Waals surface area contributed by atoms with Crippen LogP contribution in [-0.2, 0) is 12.7 Å². The van der Waals surface area contributed by atoms with Crippen molar-refractivity contribution in [2.75, 3.05) is 44.7 Å². The van der Waals surface area contributed by atoms with Crippen LogP contribution in [0.15, 0.2) is 47.3 Å². The molecule has 4 rings (SSSR count). The molecule has 1 aliphatic rings. The minimum atomic E-state index is -4.39. The SMILES string of the molecule is COc1ccc(C(F)(F)F)cc1N1CCN(CCn2c(=O)[nH]c3ccccc32)CC1. The maximum Gasteiger partial charge on any atom is 0.416 e. The van der Waals surface area contributed by atoms with Gasteiger partial charge in [0.2, 0.25) is 0 Å². The van der Waals surface area contributed by atoms with Gasteiger partial charge in [0.25, 0.3) is 0 Å². The van der Waals surface area contributed by atoms with Gasteiger partial charge in [0.15, 0.2) is 0 Å². The van der Waals surface area contributed by atoms with Gasteiger partial charge >= 0.3 is 11.9 Å². The van der Waals surface area contributed by atoms with Crippen LogP contribution in [0.1, 0.15) is 5.56 Å². The molecule has 1 aromatic heterocycles. The number of imidazole rings is 1. The Morgan fingerprint density at radius 2 is 1.77 bits per heavy atom. The fourth-order valence-corrected chi connectivity index (χ4v) is 3.90. The normalized spacial score (nSPS) is 15.7. The van der Waals surface area contributed by atoms with Crippen LogP contribution < -0.4 is 15.3 Å². The second-order valence-corrected chi connectivity index (χ2v) is 7.31. The molecule has 1 saturated heterocycles.